The molecule has 3 aromatic heterocycles. The summed E-state index contributed by atoms with van der Waals surface area (Å²) in [6.45, 7) is 7.31. The molecule has 40 heavy (non-hydrogen) atoms. The van der Waals surface area contributed by atoms with Crippen molar-refractivity contribution in [3.63, 3.8) is 0 Å². The third-order valence-electron chi connectivity index (χ3n) is 7.35. The first kappa shape index (κ1) is 27.7. The van der Waals surface area contributed by atoms with Crippen molar-refractivity contribution in [2.45, 2.75) is 38.2 Å². The maximum Gasteiger partial charge on any atom is 0.230 e. The summed E-state index contributed by atoms with van der Waals surface area (Å²) >= 11 is 0. The monoisotopic (exact) mass is 559 g/mol. The lowest BCUT2D eigenvalue weighted by Crippen LogP contribution is -2.47. The van der Waals surface area contributed by atoms with Gasteiger partial charge in [-0.3, -0.25) is 9.78 Å². The molecule has 5 rings (SSSR count). The van der Waals surface area contributed by atoms with Crippen molar-refractivity contribution in [2.24, 2.45) is 11.8 Å². The number of sulfone groups is 1. The Hall–Kier alpha value is -3.89. The molecule has 4 aromatic rings. The summed E-state index contributed by atoms with van der Waals surface area (Å²) in [5, 5.41) is 13.9. The Morgan fingerprint density at radius 1 is 1.02 bits per heavy atom. The first-order chi connectivity index (χ1) is 19.0. The largest absolute Gasteiger partial charge is 0.392 e. The van der Waals surface area contributed by atoms with Gasteiger partial charge < -0.3 is 15.3 Å². The van der Waals surface area contributed by atoms with Crippen molar-refractivity contribution in [3.05, 3.63) is 72.1 Å². The van der Waals surface area contributed by atoms with Gasteiger partial charge in [0.2, 0.25) is 5.91 Å². The summed E-state index contributed by atoms with van der Waals surface area (Å²) in [5.74, 6) is 0.857. The standard InChI is InChI=1S/C30H33N5O4S/c1-18-8-10-22(13-27(18)40(4,38)39)32-29(36)14-23-12-26-21(15-31-23)9-11-25(33-26)24-6-5-7-28(34-24)35-16-19(2)30(37)20(3)17-35/h5-13,15,19-20,30,37H,14,16-17H2,1-4H3,(H,32,36)/t19-,20+,30?. The summed E-state index contributed by atoms with van der Waals surface area (Å²) in [6.07, 6.45) is 2.53. The van der Waals surface area contributed by atoms with Gasteiger partial charge in [-0.2, -0.15) is 0 Å². The van der Waals surface area contributed by atoms with Crippen LogP contribution in [0.25, 0.3) is 22.3 Å². The molecule has 0 radical (unpaired) electrons. The second-order valence-electron chi connectivity index (χ2n) is 10.8. The molecule has 4 heterocycles. The minimum Gasteiger partial charge on any atom is -0.392 e. The Balaban J connectivity index is 1.34. The molecule has 0 saturated carbocycles. The van der Waals surface area contributed by atoms with Gasteiger partial charge in [-0.25, -0.2) is 18.4 Å². The number of carbonyl (C=O) groups is 1. The average molecular weight is 560 g/mol. The Morgan fingerprint density at radius 2 is 1.75 bits per heavy atom. The van der Waals surface area contributed by atoms with Gasteiger partial charge in [0, 0.05) is 36.6 Å². The number of hydrogen-bond donors (Lipinski definition) is 2. The number of pyridine rings is 3. The maximum absolute atomic E-state index is 12.8. The molecule has 1 unspecified atom stereocenters. The molecule has 3 atom stereocenters. The van der Waals surface area contributed by atoms with Crippen molar-refractivity contribution in [3.8, 4) is 11.4 Å². The lowest BCUT2D eigenvalue weighted by atomic mass is 9.88. The molecule has 1 amide bonds. The molecular formula is C30H33N5O4S. The predicted molar refractivity (Wildman–Crippen MR) is 156 cm³/mol. The molecule has 1 fully saturated rings. The number of aromatic nitrogens is 3. The molecule has 0 aliphatic carbocycles. The van der Waals surface area contributed by atoms with E-state index in [-0.39, 0.29) is 35.2 Å². The molecule has 0 spiro atoms. The molecule has 1 saturated heterocycles. The number of aryl methyl sites for hydroxylation is 1. The van der Waals surface area contributed by atoms with E-state index in [0.717, 1.165) is 36.2 Å². The van der Waals surface area contributed by atoms with E-state index in [0.29, 0.717) is 28.2 Å². The summed E-state index contributed by atoms with van der Waals surface area (Å²) in [7, 11) is -3.41. The molecule has 10 heteroatoms. The fourth-order valence-corrected chi connectivity index (χ4v) is 6.21. The fourth-order valence-electron chi connectivity index (χ4n) is 5.22. The Labute approximate surface area is 234 Å². The number of piperidine rings is 1. The smallest absolute Gasteiger partial charge is 0.230 e. The molecular weight excluding hydrogens is 526 g/mol. The van der Waals surface area contributed by atoms with Crippen molar-refractivity contribution in [2.75, 3.05) is 29.6 Å². The van der Waals surface area contributed by atoms with Crippen LogP contribution in [0.4, 0.5) is 11.5 Å². The van der Waals surface area contributed by atoms with E-state index in [1.54, 1.807) is 31.3 Å². The van der Waals surface area contributed by atoms with Crippen LogP contribution >= 0.6 is 0 Å². The van der Waals surface area contributed by atoms with E-state index in [2.05, 4.69) is 29.0 Å². The van der Waals surface area contributed by atoms with Crippen LogP contribution in [-0.2, 0) is 21.1 Å². The van der Waals surface area contributed by atoms with Crippen LogP contribution in [0.1, 0.15) is 25.1 Å². The molecule has 1 aliphatic heterocycles. The normalized spacial score (nSPS) is 19.5. The second kappa shape index (κ2) is 10.9. The summed E-state index contributed by atoms with van der Waals surface area (Å²) < 4.78 is 24.1. The lowest BCUT2D eigenvalue weighted by molar-refractivity contribution is -0.115. The number of aliphatic hydroxyl groups is 1. The second-order valence-corrected chi connectivity index (χ2v) is 12.8. The van der Waals surface area contributed by atoms with Crippen LogP contribution in [0.3, 0.4) is 0 Å². The van der Waals surface area contributed by atoms with Crippen molar-refractivity contribution in [1.82, 2.24) is 15.0 Å². The highest BCUT2D eigenvalue weighted by atomic mass is 32.2. The SMILES string of the molecule is Cc1ccc(NC(=O)Cc2cc3nc(-c4cccc(N5C[C@@H](C)C(O)[C@@H](C)C5)n4)ccc3cn2)cc1S(C)(=O)=O. The van der Waals surface area contributed by atoms with E-state index < -0.39 is 9.84 Å². The van der Waals surface area contributed by atoms with Crippen molar-refractivity contribution >= 4 is 38.2 Å². The zero-order chi connectivity index (χ0) is 28.6. The van der Waals surface area contributed by atoms with Crippen molar-refractivity contribution < 1.29 is 18.3 Å². The quantitative estimate of drug-likeness (QED) is 0.363. The lowest BCUT2D eigenvalue weighted by Gasteiger charge is -2.39. The first-order valence-corrected chi connectivity index (χ1v) is 15.1. The fraction of sp³-hybridized carbons (Fsp3) is 0.333. The Kier molecular flexibility index (Phi) is 7.57. The summed E-state index contributed by atoms with van der Waals surface area (Å²) in [5.41, 5.74) is 3.72. The predicted octanol–water partition coefficient (Wildman–Crippen LogP) is 4.04. The van der Waals surface area contributed by atoms with E-state index in [1.807, 2.05) is 30.3 Å². The molecule has 9 nitrogen and oxygen atoms in total. The first-order valence-electron chi connectivity index (χ1n) is 13.2. The van der Waals surface area contributed by atoms with E-state index in [9.17, 15) is 18.3 Å². The maximum atomic E-state index is 12.8. The van der Waals surface area contributed by atoms with Gasteiger partial charge in [0.05, 0.1) is 40.0 Å². The van der Waals surface area contributed by atoms with Gasteiger partial charge in [0.1, 0.15) is 5.82 Å². The topological polar surface area (TPSA) is 125 Å². The van der Waals surface area contributed by atoms with Crippen LogP contribution in [-0.4, -0.2) is 59.8 Å². The van der Waals surface area contributed by atoms with Crippen LogP contribution in [0, 0.1) is 18.8 Å². The third kappa shape index (κ3) is 5.97. The zero-order valence-corrected chi connectivity index (χ0v) is 23.8. The number of hydrogen-bond acceptors (Lipinski definition) is 8. The van der Waals surface area contributed by atoms with E-state index in [4.69, 9.17) is 9.97 Å². The number of benzene rings is 1. The van der Waals surface area contributed by atoms with E-state index >= 15 is 0 Å². The number of amides is 1. The number of fused-ring (bicyclic) bond motifs is 1. The van der Waals surface area contributed by atoms with Crippen LogP contribution in [0.15, 0.2) is 65.7 Å². The van der Waals surface area contributed by atoms with Crippen LogP contribution in [0.5, 0.6) is 0 Å². The molecule has 2 N–H and O–H groups in total. The number of nitrogens with zero attached hydrogens (tertiary/aromatic N) is 4. The summed E-state index contributed by atoms with van der Waals surface area (Å²) in [6, 6.07) is 16.3. The molecule has 208 valence electrons. The van der Waals surface area contributed by atoms with Crippen LogP contribution < -0.4 is 10.2 Å². The van der Waals surface area contributed by atoms with Gasteiger partial charge in [0.25, 0.3) is 0 Å². The Bertz CT molecular complexity index is 1680. The molecule has 0 bridgehead atoms. The third-order valence-corrected chi connectivity index (χ3v) is 8.59. The van der Waals surface area contributed by atoms with Crippen molar-refractivity contribution in [1.29, 1.82) is 0 Å². The minimum absolute atomic E-state index is 0.00878. The van der Waals surface area contributed by atoms with Gasteiger partial charge >= 0.3 is 0 Å². The highest BCUT2D eigenvalue weighted by Gasteiger charge is 2.31. The molecule has 1 aromatic carbocycles. The van der Waals surface area contributed by atoms with Gasteiger partial charge in [0.15, 0.2) is 9.84 Å². The number of rotatable bonds is 6. The van der Waals surface area contributed by atoms with Gasteiger partial charge in [-0.05, 0) is 66.8 Å². The number of aliphatic hydroxyl groups excluding tert-OH is 1. The average Bonchev–Trinajstić information content (AvgIpc) is 2.91. The number of carbonyl (C=O) groups excluding carboxylic acids is 1. The van der Waals surface area contributed by atoms with Gasteiger partial charge in [-0.15, -0.1) is 0 Å². The number of anilines is 2. The van der Waals surface area contributed by atoms with E-state index in [1.165, 1.54) is 6.07 Å². The van der Waals surface area contributed by atoms with Crippen LogP contribution in [0.2, 0.25) is 0 Å². The zero-order valence-electron chi connectivity index (χ0n) is 23.0. The van der Waals surface area contributed by atoms with Gasteiger partial charge in [-0.1, -0.05) is 26.0 Å². The Morgan fingerprint density at radius 3 is 2.48 bits per heavy atom. The minimum atomic E-state index is -3.41. The molecule has 1 aliphatic rings. The highest BCUT2D eigenvalue weighted by molar-refractivity contribution is 7.90. The summed E-state index contributed by atoms with van der Waals surface area (Å²) in [4.78, 5) is 29.3. The number of nitrogens with one attached hydrogen (secondary N) is 1. The highest BCUT2D eigenvalue weighted by Crippen LogP contribution is 2.28.